The van der Waals surface area contributed by atoms with Crippen LogP contribution in [-0.2, 0) is 4.79 Å². The van der Waals surface area contributed by atoms with Crippen LogP contribution < -0.4 is 5.43 Å². The molecule has 1 aromatic rings. The maximum Gasteiger partial charge on any atom is 0.175 e. The molecule has 0 aromatic carbocycles. The molecule has 86 valence electrons. The Morgan fingerprint density at radius 1 is 1.25 bits per heavy atom. The highest BCUT2D eigenvalue weighted by Crippen LogP contribution is 2.15. The van der Waals surface area contributed by atoms with Gasteiger partial charge in [0.2, 0.25) is 0 Å². The van der Waals surface area contributed by atoms with Gasteiger partial charge >= 0.3 is 0 Å². The van der Waals surface area contributed by atoms with Gasteiger partial charge in [-0.1, -0.05) is 6.07 Å². The summed E-state index contributed by atoms with van der Waals surface area (Å²) in [5.41, 5.74) is 6.39. The maximum absolute atomic E-state index is 11.0. The van der Waals surface area contributed by atoms with Gasteiger partial charge in [0.05, 0.1) is 0 Å². The third kappa shape index (κ3) is 2.89. The average molecular weight is 219 g/mol. The zero-order valence-corrected chi connectivity index (χ0v) is 10.4. The van der Waals surface area contributed by atoms with Gasteiger partial charge in [-0.15, -0.1) is 0 Å². The summed E-state index contributed by atoms with van der Waals surface area (Å²) in [6.07, 6.45) is 0. The molecule has 0 bridgehead atoms. The Morgan fingerprint density at radius 3 is 2.44 bits per heavy atom. The molecule has 0 aliphatic heterocycles. The normalized spacial score (nSPS) is 11.4. The minimum atomic E-state index is -0.0472. The van der Waals surface area contributed by atoms with Crippen molar-refractivity contribution in [3.05, 3.63) is 22.9 Å². The average Bonchev–Trinajstić information content (AvgIpc) is 2.20. The molecule has 16 heavy (non-hydrogen) atoms. The number of carbonyl (C=O) groups is 1. The van der Waals surface area contributed by atoms with E-state index in [1.165, 1.54) is 6.92 Å². The van der Waals surface area contributed by atoms with Gasteiger partial charge in [0, 0.05) is 12.6 Å². The number of ketones is 1. The zero-order chi connectivity index (χ0) is 12.3. The number of Topliss-reactive ketones (excluding diaryl/α,β-unsaturated/α-hetero) is 1. The zero-order valence-electron chi connectivity index (χ0n) is 10.4. The Kier molecular flexibility index (Phi) is 3.77. The van der Waals surface area contributed by atoms with E-state index in [9.17, 15) is 4.79 Å². The van der Waals surface area contributed by atoms with Crippen LogP contribution in [0.5, 0.6) is 0 Å². The van der Waals surface area contributed by atoms with E-state index in [0.717, 1.165) is 16.8 Å². The Bertz CT molecular complexity index is 450. The number of hydrazone groups is 1. The lowest BCUT2D eigenvalue weighted by Gasteiger charge is -2.08. The second-order valence-electron chi connectivity index (χ2n) is 3.92. The summed E-state index contributed by atoms with van der Waals surface area (Å²) in [4.78, 5) is 15.4. The first kappa shape index (κ1) is 12.4. The number of nitrogens with zero attached hydrogens (tertiary/aromatic N) is 2. The van der Waals surface area contributed by atoms with Crippen LogP contribution in [-0.4, -0.2) is 16.5 Å². The van der Waals surface area contributed by atoms with Crippen LogP contribution in [0.25, 0.3) is 0 Å². The Balaban J connectivity index is 2.94. The molecule has 0 aliphatic carbocycles. The van der Waals surface area contributed by atoms with E-state index in [-0.39, 0.29) is 5.78 Å². The highest BCUT2D eigenvalue weighted by molar-refractivity contribution is 6.38. The minimum absolute atomic E-state index is 0.0472. The number of nitrogens with one attached hydrogen (secondary N) is 1. The highest BCUT2D eigenvalue weighted by atomic mass is 16.1. The van der Waals surface area contributed by atoms with Gasteiger partial charge in [-0.05, 0) is 38.8 Å². The fraction of sp³-hybridized carbons (Fsp3) is 0.417. The molecule has 4 nitrogen and oxygen atoms in total. The standard InChI is InChI=1S/C12H17N3O/c1-7-6-8(2)12(13-9(7)3)15-14-10(4)11(5)16/h6H,1-5H3,(H,13,15)/b14-10+. The van der Waals surface area contributed by atoms with Crippen molar-refractivity contribution in [2.24, 2.45) is 5.10 Å². The molecule has 1 N–H and O–H groups in total. The molecule has 0 atom stereocenters. The lowest BCUT2D eigenvalue weighted by Crippen LogP contribution is -2.08. The smallest absolute Gasteiger partial charge is 0.175 e. The molecule has 0 saturated heterocycles. The SMILES string of the molecule is CC(=O)/C(C)=N/Nc1nc(C)c(C)cc1C. The summed E-state index contributed by atoms with van der Waals surface area (Å²) in [5, 5.41) is 3.98. The molecule has 1 aromatic heterocycles. The van der Waals surface area contributed by atoms with Crippen molar-refractivity contribution in [1.82, 2.24) is 4.98 Å². The fourth-order valence-electron chi connectivity index (χ4n) is 1.17. The maximum atomic E-state index is 11.0. The molecule has 4 heteroatoms. The van der Waals surface area contributed by atoms with Crippen LogP contribution in [0.2, 0.25) is 0 Å². The van der Waals surface area contributed by atoms with Gasteiger partial charge in [0.1, 0.15) is 11.5 Å². The van der Waals surface area contributed by atoms with Crippen LogP contribution in [0.1, 0.15) is 30.7 Å². The van der Waals surface area contributed by atoms with Crippen molar-refractivity contribution < 1.29 is 4.79 Å². The quantitative estimate of drug-likeness (QED) is 0.627. The molecule has 1 heterocycles. The second-order valence-corrected chi connectivity index (χ2v) is 3.92. The Labute approximate surface area is 95.8 Å². The molecule has 1 rings (SSSR count). The highest BCUT2D eigenvalue weighted by Gasteiger charge is 2.03. The van der Waals surface area contributed by atoms with Gasteiger partial charge in [-0.3, -0.25) is 10.2 Å². The van der Waals surface area contributed by atoms with Crippen molar-refractivity contribution >= 4 is 17.3 Å². The van der Waals surface area contributed by atoms with Gasteiger partial charge in [-0.2, -0.15) is 5.10 Å². The number of hydrogen-bond donors (Lipinski definition) is 1. The number of aromatic nitrogens is 1. The van der Waals surface area contributed by atoms with Crippen LogP contribution in [0.15, 0.2) is 11.2 Å². The van der Waals surface area contributed by atoms with Crippen LogP contribution >= 0.6 is 0 Å². The lowest BCUT2D eigenvalue weighted by atomic mass is 10.1. The summed E-state index contributed by atoms with van der Waals surface area (Å²) in [7, 11) is 0. The van der Waals surface area contributed by atoms with Crippen LogP contribution in [0, 0.1) is 20.8 Å². The summed E-state index contributed by atoms with van der Waals surface area (Å²) in [6.45, 7) is 9.08. The number of carbonyl (C=O) groups excluding carboxylic acids is 1. The Morgan fingerprint density at radius 2 is 1.88 bits per heavy atom. The molecular weight excluding hydrogens is 202 g/mol. The van der Waals surface area contributed by atoms with Gasteiger partial charge in [0.15, 0.2) is 5.78 Å². The largest absolute Gasteiger partial charge is 0.293 e. The first-order chi connectivity index (χ1) is 7.41. The van der Waals surface area contributed by atoms with Crippen molar-refractivity contribution in [1.29, 1.82) is 0 Å². The molecule has 0 aliphatic rings. The predicted molar refractivity (Wildman–Crippen MR) is 65.9 cm³/mol. The number of aryl methyl sites for hydroxylation is 3. The number of anilines is 1. The van der Waals surface area contributed by atoms with Gasteiger partial charge < -0.3 is 0 Å². The van der Waals surface area contributed by atoms with Crippen molar-refractivity contribution in [2.45, 2.75) is 34.6 Å². The second kappa shape index (κ2) is 4.88. The summed E-state index contributed by atoms with van der Waals surface area (Å²) in [5.74, 6) is 0.651. The third-order valence-electron chi connectivity index (χ3n) is 2.50. The monoisotopic (exact) mass is 219 g/mol. The molecule has 0 radical (unpaired) electrons. The molecule has 0 saturated carbocycles. The first-order valence-electron chi connectivity index (χ1n) is 5.18. The van der Waals surface area contributed by atoms with Crippen LogP contribution in [0.4, 0.5) is 5.82 Å². The summed E-state index contributed by atoms with van der Waals surface area (Å²) < 4.78 is 0. The molecule has 0 unspecified atom stereocenters. The van der Waals surface area contributed by atoms with E-state index in [4.69, 9.17) is 0 Å². The first-order valence-corrected chi connectivity index (χ1v) is 5.18. The Hall–Kier alpha value is -1.71. The van der Waals surface area contributed by atoms with Gasteiger partial charge in [0.25, 0.3) is 0 Å². The van der Waals surface area contributed by atoms with E-state index in [1.807, 2.05) is 26.8 Å². The third-order valence-corrected chi connectivity index (χ3v) is 2.50. The summed E-state index contributed by atoms with van der Waals surface area (Å²) >= 11 is 0. The lowest BCUT2D eigenvalue weighted by molar-refractivity contribution is -0.111. The predicted octanol–water partition coefficient (Wildman–Crippen LogP) is 2.38. The van der Waals surface area contributed by atoms with Crippen LogP contribution in [0.3, 0.4) is 0 Å². The van der Waals surface area contributed by atoms with E-state index in [2.05, 4.69) is 15.5 Å². The van der Waals surface area contributed by atoms with Crippen molar-refractivity contribution in [2.75, 3.05) is 5.43 Å². The molecule has 0 fully saturated rings. The van der Waals surface area contributed by atoms with Crippen molar-refractivity contribution in [3.8, 4) is 0 Å². The number of rotatable bonds is 3. The number of pyridine rings is 1. The van der Waals surface area contributed by atoms with E-state index in [0.29, 0.717) is 11.5 Å². The van der Waals surface area contributed by atoms with Crippen molar-refractivity contribution in [3.63, 3.8) is 0 Å². The fourth-order valence-corrected chi connectivity index (χ4v) is 1.17. The molecule has 0 amide bonds. The minimum Gasteiger partial charge on any atom is -0.293 e. The molecular formula is C12H17N3O. The van der Waals surface area contributed by atoms with E-state index in [1.54, 1.807) is 6.92 Å². The van der Waals surface area contributed by atoms with Gasteiger partial charge in [-0.25, -0.2) is 4.98 Å². The summed E-state index contributed by atoms with van der Waals surface area (Å²) in [6, 6.07) is 2.04. The molecule has 0 spiro atoms. The number of hydrogen-bond acceptors (Lipinski definition) is 4. The van der Waals surface area contributed by atoms with E-state index < -0.39 is 0 Å². The van der Waals surface area contributed by atoms with E-state index >= 15 is 0 Å². The topological polar surface area (TPSA) is 54.4 Å².